The molecule has 0 amide bonds. The number of thiophene rings is 1. The van der Waals surface area contributed by atoms with Gasteiger partial charge in [0.05, 0.1) is 6.04 Å². The summed E-state index contributed by atoms with van der Waals surface area (Å²) in [6.07, 6.45) is 0. The maximum Gasteiger partial charge on any atom is 0.266 e. The molecule has 0 aliphatic heterocycles. The lowest BCUT2D eigenvalue weighted by Crippen LogP contribution is -2.26. The van der Waals surface area contributed by atoms with E-state index in [4.69, 9.17) is 8.83 Å². The van der Waals surface area contributed by atoms with E-state index in [1.54, 1.807) is 23.5 Å². The van der Waals surface area contributed by atoms with E-state index >= 15 is 0 Å². The second-order valence-corrected chi connectivity index (χ2v) is 7.05. The number of likely N-dealkylation sites (N-methyl/N-ethyl adjacent to an activating group) is 1. The number of hydrogen-bond donors (Lipinski definition) is 1. The van der Waals surface area contributed by atoms with Gasteiger partial charge in [-0.3, -0.25) is 0 Å². The summed E-state index contributed by atoms with van der Waals surface area (Å²) in [6.45, 7) is 0.596. The highest BCUT2D eigenvalue weighted by Gasteiger charge is 2.20. The largest absolute Gasteiger partial charge is 0.444 e. The van der Waals surface area contributed by atoms with Gasteiger partial charge < -0.3 is 19.1 Å². The predicted molar refractivity (Wildman–Crippen MR) is 95.9 cm³/mol. The minimum absolute atomic E-state index is 0.169. The molecule has 3 rings (SSSR count). The van der Waals surface area contributed by atoms with Crippen LogP contribution in [-0.4, -0.2) is 30.5 Å². The highest BCUT2D eigenvalue weighted by atomic mass is 79.9. The molecule has 8 heteroatoms. The van der Waals surface area contributed by atoms with E-state index in [1.165, 1.54) is 4.88 Å². The quantitative estimate of drug-likeness (QED) is 0.655. The summed E-state index contributed by atoms with van der Waals surface area (Å²) in [5.74, 6) is 1.09. The molecule has 0 unspecified atom stereocenters. The first-order valence-electron chi connectivity index (χ1n) is 7.19. The first-order valence-corrected chi connectivity index (χ1v) is 8.86. The summed E-state index contributed by atoms with van der Waals surface area (Å²) in [4.78, 5) is 7.54. The van der Waals surface area contributed by atoms with Crippen LogP contribution in [0.3, 0.4) is 0 Å². The minimum atomic E-state index is 0.169. The Morgan fingerprint density at radius 1 is 1.38 bits per heavy atom. The lowest BCUT2D eigenvalue weighted by atomic mass is 10.2. The molecule has 6 nitrogen and oxygen atoms in total. The van der Waals surface area contributed by atoms with Crippen molar-refractivity contribution in [1.82, 2.24) is 9.88 Å². The van der Waals surface area contributed by atoms with Crippen molar-refractivity contribution >= 4 is 33.2 Å². The van der Waals surface area contributed by atoms with Crippen LogP contribution >= 0.6 is 27.3 Å². The van der Waals surface area contributed by atoms with Crippen LogP contribution in [0.4, 0.5) is 5.88 Å². The Morgan fingerprint density at radius 2 is 2.21 bits per heavy atom. The zero-order valence-corrected chi connectivity index (χ0v) is 15.5. The van der Waals surface area contributed by atoms with Crippen LogP contribution in [0.5, 0.6) is 0 Å². The molecule has 0 spiro atoms. The maximum absolute atomic E-state index is 9.28. The Balaban J connectivity index is 1.79. The van der Waals surface area contributed by atoms with Crippen LogP contribution in [0.2, 0.25) is 0 Å². The molecule has 0 aliphatic rings. The van der Waals surface area contributed by atoms with Gasteiger partial charge in [0.25, 0.3) is 5.89 Å². The fourth-order valence-corrected chi connectivity index (χ4v) is 3.49. The van der Waals surface area contributed by atoms with Crippen molar-refractivity contribution < 1.29 is 8.83 Å². The van der Waals surface area contributed by atoms with Gasteiger partial charge in [-0.15, -0.1) is 11.3 Å². The fourth-order valence-electron chi connectivity index (χ4n) is 2.26. The first kappa shape index (κ1) is 16.8. The molecule has 24 heavy (non-hydrogen) atoms. The number of nitrogens with zero attached hydrogens (tertiary/aromatic N) is 3. The topological polar surface area (TPSA) is 78.2 Å². The predicted octanol–water partition coefficient (Wildman–Crippen LogP) is 4.35. The Bertz CT molecular complexity index is 848. The van der Waals surface area contributed by atoms with Gasteiger partial charge in [0.2, 0.25) is 11.6 Å². The molecular weight excluding hydrogens is 392 g/mol. The van der Waals surface area contributed by atoms with Crippen LogP contribution in [0.1, 0.15) is 16.6 Å². The monoisotopic (exact) mass is 406 g/mol. The Morgan fingerprint density at radius 3 is 2.79 bits per heavy atom. The smallest absolute Gasteiger partial charge is 0.266 e. The van der Waals surface area contributed by atoms with E-state index in [2.05, 4.69) is 37.2 Å². The fraction of sp³-hybridized carbons (Fsp3) is 0.250. The van der Waals surface area contributed by atoms with E-state index < -0.39 is 0 Å². The summed E-state index contributed by atoms with van der Waals surface area (Å²) >= 11 is 4.93. The lowest BCUT2D eigenvalue weighted by molar-refractivity contribution is 0.314. The number of anilines is 1. The molecule has 3 aromatic rings. The number of rotatable bonds is 6. The number of hydrogen-bond acceptors (Lipinski definition) is 7. The number of oxazole rings is 1. The summed E-state index contributed by atoms with van der Waals surface area (Å²) in [7, 11) is 4.03. The summed E-state index contributed by atoms with van der Waals surface area (Å²) in [5, 5.41) is 14.5. The van der Waals surface area contributed by atoms with Crippen molar-refractivity contribution in [3.63, 3.8) is 0 Å². The van der Waals surface area contributed by atoms with E-state index in [-0.39, 0.29) is 17.6 Å². The Kier molecular flexibility index (Phi) is 5.04. The van der Waals surface area contributed by atoms with Crippen LogP contribution in [0.25, 0.3) is 11.7 Å². The third-order valence-corrected chi connectivity index (χ3v) is 4.87. The van der Waals surface area contributed by atoms with Gasteiger partial charge in [0.15, 0.2) is 10.4 Å². The first-order chi connectivity index (χ1) is 11.6. The average Bonchev–Trinajstić information content (AvgIpc) is 3.27. The molecule has 0 saturated heterocycles. The molecule has 124 valence electrons. The highest BCUT2D eigenvalue weighted by Crippen LogP contribution is 2.29. The van der Waals surface area contributed by atoms with Crippen LogP contribution < -0.4 is 5.32 Å². The molecule has 1 N–H and O–H groups in total. The molecule has 0 bridgehead atoms. The molecule has 0 radical (unpaired) electrons. The summed E-state index contributed by atoms with van der Waals surface area (Å²) in [5.41, 5.74) is 0.209. The van der Waals surface area contributed by atoms with Gasteiger partial charge in [-0.1, -0.05) is 6.07 Å². The molecule has 0 aromatic carbocycles. The van der Waals surface area contributed by atoms with Gasteiger partial charge in [-0.2, -0.15) is 10.2 Å². The molecule has 0 saturated carbocycles. The second kappa shape index (κ2) is 7.21. The summed E-state index contributed by atoms with van der Waals surface area (Å²) in [6, 6.07) is 9.81. The molecule has 3 aromatic heterocycles. The van der Waals surface area contributed by atoms with Crippen molar-refractivity contribution in [1.29, 1.82) is 5.26 Å². The van der Waals surface area contributed by atoms with E-state index in [1.807, 2.05) is 31.6 Å². The van der Waals surface area contributed by atoms with Crippen molar-refractivity contribution in [2.75, 3.05) is 26.0 Å². The van der Waals surface area contributed by atoms with Crippen molar-refractivity contribution in [3.8, 4) is 17.7 Å². The third kappa shape index (κ3) is 3.53. The molecule has 0 aliphatic carbocycles. The number of halogens is 1. The van der Waals surface area contributed by atoms with Gasteiger partial charge in [-0.05, 0) is 53.6 Å². The third-order valence-electron chi connectivity index (χ3n) is 3.47. The van der Waals surface area contributed by atoms with Gasteiger partial charge in [0.1, 0.15) is 6.07 Å². The standard InChI is InChI=1S/C16H15BrN4O2S/c1-21(2)11(13-4-3-7-24-13)9-19-15-10(8-18)20-16(23-15)12-5-6-14(17)22-12/h3-7,11,19H,9H2,1-2H3/t11-/m0/s1. The average molecular weight is 407 g/mol. The van der Waals surface area contributed by atoms with Crippen LogP contribution in [-0.2, 0) is 0 Å². The minimum Gasteiger partial charge on any atom is -0.444 e. The van der Waals surface area contributed by atoms with Gasteiger partial charge >= 0.3 is 0 Å². The maximum atomic E-state index is 9.28. The number of nitrogens with one attached hydrogen (secondary N) is 1. The summed E-state index contributed by atoms with van der Waals surface area (Å²) < 4.78 is 11.7. The van der Waals surface area contributed by atoms with E-state index in [0.29, 0.717) is 22.9 Å². The zero-order chi connectivity index (χ0) is 17.1. The Hall–Kier alpha value is -2.08. The van der Waals surface area contributed by atoms with Gasteiger partial charge in [-0.25, -0.2) is 0 Å². The second-order valence-electron chi connectivity index (χ2n) is 5.29. The van der Waals surface area contributed by atoms with Crippen LogP contribution in [0.15, 0.2) is 43.1 Å². The van der Waals surface area contributed by atoms with Crippen LogP contribution in [0, 0.1) is 11.3 Å². The normalized spacial score (nSPS) is 12.3. The Labute approximate surface area is 151 Å². The number of nitriles is 1. The number of aromatic nitrogens is 1. The van der Waals surface area contributed by atoms with Gasteiger partial charge in [0, 0.05) is 11.4 Å². The lowest BCUT2D eigenvalue weighted by Gasteiger charge is -2.23. The van der Waals surface area contributed by atoms with Crippen molar-refractivity contribution in [3.05, 3.63) is 44.9 Å². The highest BCUT2D eigenvalue weighted by molar-refractivity contribution is 9.10. The van der Waals surface area contributed by atoms with Crippen molar-refractivity contribution in [2.24, 2.45) is 0 Å². The molecule has 0 fully saturated rings. The molecule has 3 heterocycles. The van der Waals surface area contributed by atoms with E-state index in [0.717, 1.165) is 0 Å². The molecule has 1 atom stereocenters. The van der Waals surface area contributed by atoms with E-state index in [9.17, 15) is 5.26 Å². The van der Waals surface area contributed by atoms with Crippen molar-refractivity contribution in [2.45, 2.75) is 6.04 Å². The number of furan rings is 1. The molecular formula is C16H15BrN4O2S. The zero-order valence-electron chi connectivity index (χ0n) is 13.1. The SMILES string of the molecule is CN(C)[C@@H](CNc1oc(-c2ccc(Br)o2)nc1C#N)c1cccs1.